The first-order valence-corrected chi connectivity index (χ1v) is 1.39. The van der Waals surface area contributed by atoms with Gasteiger partial charge in [-0.2, -0.15) is 5.26 Å². The van der Waals surface area contributed by atoms with E-state index in [0.717, 1.165) is 0 Å². The van der Waals surface area contributed by atoms with Gasteiger partial charge >= 0.3 is 37.7 Å². The molecule has 0 aromatic rings. The average Bonchev–Trinajstić information content (AvgIpc) is 1.69. The van der Waals surface area contributed by atoms with Crippen LogP contribution in [0.15, 0.2) is 0 Å². The molecule has 4 nitrogen and oxygen atoms in total. The molecule has 0 aliphatic rings. The Labute approximate surface area is 80.6 Å². The molecule has 5 heteroatoms. The van der Waals surface area contributed by atoms with Crippen molar-refractivity contribution in [1.82, 2.24) is 0 Å². The standard InChI is InChI=1S/C2H4O2.CH2N2.Ca.2H/c1-4-2-3;2-1-3;;;/h2H,1H3;2H2;;;/q;;+2;2*-1. The molecule has 0 heterocycles. The largest absolute Gasteiger partial charge is 2.00 e. The van der Waals surface area contributed by atoms with Crippen LogP contribution in [0.5, 0.6) is 0 Å². The van der Waals surface area contributed by atoms with Gasteiger partial charge in [0.15, 0.2) is 6.19 Å². The van der Waals surface area contributed by atoms with E-state index in [4.69, 9.17) is 10.1 Å². The van der Waals surface area contributed by atoms with Crippen LogP contribution >= 0.6 is 0 Å². The maximum absolute atomic E-state index is 8.95. The van der Waals surface area contributed by atoms with Crippen molar-refractivity contribution in [3.8, 4) is 6.19 Å². The third-order valence-corrected chi connectivity index (χ3v) is 0.0962. The van der Waals surface area contributed by atoms with E-state index in [1.165, 1.54) is 13.3 Å². The Kier molecular flexibility index (Phi) is 54.7. The van der Waals surface area contributed by atoms with Gasteiger partial charge in [-0.25, -0.2) is 0 Å². The summed E-state index contributed by atoms with van der Waals surface area (Å²) in [6.45, 7) is 0.375. The molecule has 0 saturated carbocycles. The monoisotopic (exact) mass is 144 g/mol. The van der Waals surface area contributed by atoms with Gasteiger partial charge < -0.3 is 13.3 Å². The fraction of sp³-hybridized carbons (Fsp3) is 0.333. The summed E-state index contributed by atoms with van der Waals surface area (Å²) in [7, 11) is 1.31. The number of nitrogens with zero attached hydrogens (tertiary/aromatic N) is 1. The first kappa shape index (κ1) is 15.7. The summed E-state index contributed by atoms with van der Waals surface area (Å²) in [6.07, 6.45) is 1.25. The Hall–Kier alpha value is 0.0197. The number of carbonyl (C=O) groups is 1. The number of nitrogens with two attached hydrogens (primary N) is 1. The van der Waals surface area contributed by atoms with Gasteiger partial charge in [-0.05, 0) is 0 Å². The minimum Gasteiger partial charge on any atom is -1.00 e. The Bertz CT molecular complexity index is 77.4. The van der Waals surface area contributed by atoms with Crippen LogP contribution in [0.3, 0.4) is 0 Å². The Morgan fingerprint density at radius 3 is 2.12 bits per heavy atom. The molecule has 0 atom stereocenters. The van der Waals surface area contributed by atoms with Crippen molar-refractivity contribution in [3.05, 3.63) is 0 Å². The number of carbonyl (C=O) groups excluding carboxylic acids is 1. The number of ether oxygens (including phenoxy) is 1. The Morgan fingerprint density at radius 1 is 2.00 bits per heavy atom. The van der Waals surface area contributed by atoms with Gasteiger partial charge in [-0.3, -0.25) is 4.79 Å². The van der Waals surface area contributed by atoms with Crippen LogP contribution in [0.1, 0.15) is 2.85 Å². The smallest absolute Gasteiger partial charge is 1.00 e. The first-order valence-electron chi connectivity index (χ1n) is 1.39. The van der Waals surface area contributed by atoms with E-state index >= 15 is 0 Å². The van der Waals surface area contributed by atoms with Gasteiger partial charge in [-0.1, -0.05) is 0 Å². The fourth-order valence-corrected chi connectivity index (χ4v) is 0. The second-order valence-corrected chi connectivity index (χ2v) is 0.461. The van der Waals surface area contributed by atoms with Gasteiger partial charge in [-0.15, -0.1) is 0 Å². The summed E-state index contributed by atoms with van der Waals surface area (Å²) < 4.78 is 3.86. The van der Waals surface area contributed by atoms with Crippen LogP contribution in [-0.4, -0.2) is 51.3 Å². The van der Waals surface area contributed by atoms with Crippen molar-refractivity contribution >= 4 is 44.2 Å². The molecule has 0 aromatic carbocycles. The predicted octanol–water partition coefficient (Wildman–Crippen LogP) is -0.940. The van der Waals surface area contributed by atoms with Crippen molar-refractivity contribution in [2.45, 2.75) is 0 Å². The van der Waals surface area contributed by atoms with E-state index < -0.39 is 0 Å². The normalized spacial score (nSPS) is 3.50. The van der Waals surface area contributed by atoms with Crippen LogP contribution in [0.2, 0.25) is 0 Å². The molecule has 8 heavy (non-hydrogen) atoms. The van der Waals surface area contributed by atoms with Crippen LogP contribution < -0.4 is 5.73 Å². The SMILES string of the molecule is COC=O.N#CN.[Ca+2].[H-].[H-]. The first-order chi connectivity index (χ1) is 3.33. The van der Waals surface area contributed by atoms with Crippen molar-refractivity contribution in [3.63, 3.8) is 0 Å². The van der Waals surface area contributed by atoms with Gasteiger partial charge in [0.05, 0.1) is 7.11 Å². The fourth-order valence-electron chi connectivity index (χ4n) is 0. The van der Waals surface area contributed by atoms with Crippen LogP contribution in [0.25, 0.3) is 0 Å². The molecule has 0 spiro atoms. The molecule has 0 aliphatic carbocycles. The molecule has 0 aromatic heterocycles. The van der Waals surface area contributed by atoms with Crippen molar-refractivity contribution < 1.29 is 12.4 Å². The summed E-state index contributed by atoms with van der Waals surface area (Å²) in [5, 5.41) is 7.10. The molecule has 0 unspecified atom stereocenters. The van der Waals surface area contributed by atoms with Gasteiger partial charge in [0.2, 0.25) is 0 Å². The number of methoxy groups -OCH3 is 1. The molecular formula is C3H8CaN2O2. The minimum atomic E-state index is 0. The molecule has 0 aliphatic heterocycles. The molecule has 0 amide bonds. The van der Waals surface area contributed by atoms with Crippen LogP contribution in [-0.2, 0) is 9.53 Å². The van der Waals surface area contributed by atoms with Crippen molar-refractivity contribution in [2.24, 2.45) is 5.73 Å². The topological polar surface area (TPSA) is 76.1 Å². The molecule has 44 valence electrons. The molecule has 0 radical (unpaired) electrons. The van der Waals surface area contributed by atoms with E-state index in [0.29, 0.717) is 6.47 Å². The van der Waals surface area contributed by atoms with E-state index in [-0.39, 0.29) is 40.6 Å². The molecule has 0 fully saturated rings. The zero-order valence-electron chi connectivity index (χ0n) is 6.63. The summed E-state index contributed by atoms with van der Waals surface area (Å²) in [5.74, 6) is 0. The zero-order chi connectivity index (χ0) is 6.12. The average molecular weight is 144 g/mol. The summed E-state index contributed by atoms with van der Waals surface area (Å²) in [6, 6.07) is 0. The Balaban J connectivity index is -0.0000000131. The molecule has 0 rings (SSSR count). The molecule has 0 saturated heterocycles. The van der Waals surface area contributed by atoms with Crippen LogP contribution in [0.4, 0.5) is 0 Å². The minimum absolute atomic E-state index is 0. The van der Waals surface area contributed by atoms with Crippen molar-refractivity contribution in [2.75, 3.05) is 7.11 Å². The van der Waals surface area contributed by atoms with Gasteiger partial charge in [0.25, 0.3) is 6.47 Å². The number of hydrogen-bond acceptors (Lipinski definition) is 4. The summed E-state index contributed by atoms with van der Waals surface area (Å²) in [4.78, 5) is 8.95. The molecule has 2 N–H and O–H groups in total. The molecule has 0 bridgehead atoms. The van der Waals surface area contributed by atoms with E-state index in [9.17, 15) is 0 Å². The second kappa shape index (κ2) is 27.9. The maximum atomic E-state index is 8.95. The maximum Gasteiger partial charge on any atom is 2.00 e. The predicted molar refractivity (Wildman–Crippen MR) is 30.9 cm³/mol. The third kappa shape index (κ3) is 146. The third-order valence-electron chi connectivity index (χ3n) is 0.0962. The van der Waals surface area contributed by atoms with E-state index in [1.54, 1.807) is 0 Å². The Morgan fingerprint density at radius 2 is 2.12 bits per heavy atom. The quantitative estimate of drug-likeness (QED) is 0.223. The van der Waals surface area contributed by atoms with E-state index in [1.807, 2.05) is 0 Å². The van der Waals surface area contributed by atoms with Crippen molar-refractivity contribution in [1.29, 1.82) is 5.26 Å². The zero-order valence-corrected chi connectivity index (χ0v) is 6.83. The number of nitriles is 1. The van der Waals surface area contributed by atoms with Gasteiger partial charge in [0.1, 0.15) is 0 Å². The van der Waals surface area contributed by atoms with Gasteiger partial charge in [0, 0.05) is 0 Å². The number of hydrogen-bond donors (Lipinski definition) is 1. The van der Waals surface area contributed by atoms with Crippen LogP contribution in [0, 0.1) is 11.5 Å². The second-order valence-electron chi connectivity index (χ2n) is 0.461. The summed E-state index contributed by atoms with van der Waals surface area (Å²) in [5.41, 5.74) is 4.15. The number of rotatable bonds is 1. The summed E-state index contributed by atoms with van der Waals surface area (Å²) >= 11 is 0. The van der Waals surface area contributed by atoms with E-state index in [2.05, 4.69) is 10.5 Å². The molecular weight excluding hydrogens is 136 g/mol.